The topological polar surface area (TPSA) is 47.6 Å². The van der Waals surface area contributed by atoms with Crippen LogP contribution in [-0.4, -0.2) is 23.9 Å². The van der Waals surface area contributed by atoms with Crippen LogP contribution in [0.15, 0.2) is 30.3 Å². The third kappa shape index (κ3) is 4.32. The predicted octanol–water partition coefficient (Wildman–Crippen LogP) is 2.62. The third-order valence-corrected chi connectivity index (χ3v) is 3.44. The zero-order valence-corrected chi connectivity index (χ0v) is 12.4. The Labute approximate surface area is 120 Å². The van der Waals surface area contributed by atoms with Crippen LogP contribution in [-0.2, 0) is 20.8 Å². The van der Waals surface area contributed by atoms with E-state index in [4.69, 9.17) is 9.47 Å². The molecule has 20 heavy (non-hydrogen) atoms. The maximum Gasteiger partial charge on any atom is 0.223 e. The van der Waals surface area contributed by atoms with Crippen molar-refractivity contribution in [1.29, 1.82) is 0 Å². The molecule has 0 radical (unpaired) electrons. The Bertz CT molecular complexity index is 458. The van der Waals surface area contributed by atoms with Gasteiger partial charge in [-0.15, -0.1) is 0 Å². The summed E-state index contributed by atoms with van der Waals surface area (Å²) < 4.78 is 11.4. The molecule has 1 heterocycles. The van der Waals surface area contributed by atoms with Gasteiger partial charge in [0, 0.05) is 13.0 Å². The van der Waals surface area contributed by atoms with E-state index in [0.717, 1.165) is 12.0 Å². The summed E-state index contributed by atoms with van der Waals surface area (Å²) in [5, 5.41) is 2.94. The Morgan fingerprint density at radius 3 is 2.60 bits per heavy atom. The normalized spacial score (nSPS) is 25.1. The van der Waals surface area contributed by atoms with Gasteiger partial charge in [0.15, 0.2) is 5.79 Å². The van der Waals surface area contributed by atoms with Gasteiger partial charge in [-0.3, -0.25) is 4.79 Å². The Kier molecular flexibility index (Phi) is 4.45. The van der Waals surface area contributed by atoms with Crippen molar-refractivity contribution < 1.29 is 14.3 Å². The summed E-state index contributed by atoms with van der Waals surface area (Å²) in [6.07, 6.45) is 1.09. The van der Waals surface area contributed by atoms with Crippen LogP contribution in [0, 0.1) is 0 Å². The minimum atomic E-state index is -0.618. The van der Waals surface area contributed by atoms with Gasteiger partial charge < -0.3 is 14.8 Å². The van der Waals surface area contributed by atoms with Gasteiger partial charge in [-0.2, -0.15) is 0 Å². The summed E-state index contributed by atoms with van der Waals surface area (Å²) in [4.78, 5) is 12.1. The van der Waals surface area contributed by atoms with Crippen LogP contribution in [0.4, 0.5) is 0 Å². The molecular weight excluding hydrogens is 254 g/mol. The molecule has 0 saturated carbocycles. The van der Waals surface area contributed by atoms with Crippen molar-refractivity contribution in [3.05, 3.63) is 35.9 Å². The average Bonchev–Trinajstić information content (AvgIpc) is 2.35. The number of ether oxygens (including phenoxy) is 2. The van der Waals surface area contributed by atoms with Crippen LogP contribution in [0.25, 0.3) is 0 Å². The second kappa shape index (κ2) is 5.94. The lowest BCUT2D eigenvalue weighted by Gasteiger charge is -2.42. The number of benzene rings is 1. The molecule has 2 rings (SSSR count). The Hall–Kier alpha value is -1.39. The first-order valence-electron chi connectivity index (χ1n) is 7.03. The fourth-order valence-corrected chi connectivity index (χ4v) is 2.51. The first-order valence-corrected chi connectivity index (χ1v) is 7.03. The number of amides is 1. The van der Waals surface area contributed by atoms with Gasteiger partial charge in [0.05, 0.1) is 18.6 Å². The minimum absolute atomic E-state index is 0.00838. The fourth-order valence-electron chi connectivity index (χ4n) is 2.51. The molecule has 4 heteroatoms. The fraction of sp³-hybridized carbons (Fsp3) is 0.562. The van der Waals surface area contributed by atoms with E-state index in [9.17, 15) is 4.79 Å². The zero-order chi connectivity index (χ0) is 14.6. The molecular formula is C16H23NO3. The van der Waals surface area contributed by atoms with Crippen LogP contribution in [0.3, 0.4) is 0 Å². The molecule has 1 fully saturated rings. The van der Waals surface area contributed by atoms with E-state index in [2.05, 4.69) is 5.32 Å². The molecule has 1 aliphatic rings. The van der Waals surface area contributed by atoms with Gasteiger partial charge in [-0.05, 0) is 26.3 Å². The molecule has 1 aliphatic heterocycles. The highest BCUT2D eigenvalue weighted by atomic mass is 16.7. The molecule has 1 atom stereocenters. The van der Waals surface area contributed by atoms with Gasteiger partial charge in [0.2, 0.25) is 5.91 Å². The Morgan fingerprint density at radius 1 is 1.25 bits per heavy atom. The van der Waals surface area contributed by atoms with E-state index in [0.29, 0.717) is 19.6 Å². The first kappa shape index (κ1) is 15.0. The predicted molar refractivity (Wildman–Crippen MR) is 77.0 cm³/mol. The number of carbonyl (C=O) groups excluding carboxylic acids is 1. The maximum absolute atomic E-state index is 12.1. The lowest BCUT2D eigenvalue weighted by Crippen LogP contribution is -2.49. The number of rotatable bonds is 4. The molecule has 4 nitrogen and oxygen atoms in total. The number of carbonyl (C=O) groups is 1. The second-order valence-corrected chi connectivity index (χ2v) is 5.99. The summed E-state index contributed by atoms with van der Waals surface area (Å²) >= 11 is 0. The molecule has 0 spiro atoms. The van der Waals surface area contributed by atoms with Crippen molar-refractivity contribution in [1.82, 2.24) is 5.32 Å². The molecule has 1 aromatic carbocycles. The zero-order valence-electron chi connectivity index (χ0n) is 12.4. The van der Waals surface area contributed by atoms with Crippen LogP contribution >= 0.6 is 0 Å². The van der Waals surface area contributed by atoms with Gasteiger partial charge in [-0.1, -0.05) is 30.3 Å². The summed E-state index contributed by atoms with van der Waals surface area (Å²) in [6, 6.07) is 9.89. The van der Waals surface area contributed by atoms with Gasteiger partial charge >= 0.3 is 0 Å². The van der Waals surface area contributed by atoms with E-state index >= 15 is 0 Å². The van der Waals surface area contributed by atoms with E-state index < -0.39 is 11.4 Å². The SMILES string of the molecule is CC1(CC(=O)NCc2ccccc2)CCOC(C)(C)O1. The van der Waals surface area contributed by atoms with Gasteiger partial charge in [0.25, 0.3) is 0 Å². The van der Waals surface area contributed by atoms with Crippen molar-refractivity contribution in [2.75, 3.05) is 6.61 Å². The van der Waals surface area contributed by atoms with Crippen molar-refractivity contribution in [3.63, 3.8) is 0 Å². The van der Waals surface area contributed by atoms with Crippen molar-refractivity contribution >= 4 is 5.91 Å². The Morgan fingerprint density at radius 2 is 1.95 bits per heavy atom. The monoisotopic (exact) mass is 277 g/mol. The summed E-state index contributed by atoms with van der Waals surface area (Å²) in [7, 11) is 0. The lowest BCUT2D eigenvalue weighted by molar-refractivity contribution is -0.305. The smallest absolute Gasteiger partial charge is 0.223 e. The van der Waals surface area contributed by atoms with E-state index in [1.165, 1.54) is 0 Å². The summed E-state index contributed by atoms with van der Waals surface area (Å²) in [5.74, 6) is -0.610. The molecule has 1 aromatic rings. The lowest BCUT2D eigenvalue weighted by atomic mass is 9.95. The van der Waals surface area contributed by atoms with Crippen LogP contribution < -0.4 is 5.32 Å². The highest BCUT2D eigenvalue weighted by molar-refractivity contribution is 5.77. The van der Waals surface area contributed by atoms with Crippen LogP contribution in [0.5, 0.6) is 0 Å². The standard InChI is InChI=1S/C16H23NO3/c1-15(2)19-10-9-16(3,20-15)11-14(18)17-12-13-7-5-4-6-8-13/h4-8H,9-12H2,1-3H3,(H,17,18). The van der Waals surface area contributed by atoms with Crippen LogP contribution in [0.2, 0.25) is 0 Å². The van der Waals surface area contributed by atoms with E-state index in [-0.39, 0.29) is 5.91 Å². The highest BCUT2D eigenvalue weighted by Gasteiger charge is 2.39. The number of hydrogen-bond acceptors (Lipinski definition) is 3. The highest BCUT2D eigenvalue weighted by Crippen LogP contribution is 2.32. The van der Waals surface area contributed by atoms with E-state index in [1.807, 2.05) is 51.1 Å². The van der Waals surface area contributed by atoms with Crippen molar-refractivity contribution in [2.45, 2.75) is 51.5 Å². The number of hydrogen-bond donors (Lipinski definition) is 1. The largest absolute Gasteiger partial charge is 0.352 e. The van der Waals surface area contributed by atoms with Crippen molar-refractivity contribution in [2.24, 2.45) is 0 Å². The van der Waals surface area contributed by atoms with Gasteiger partial charge in [0.1, 0.15) is 0 Å². The molecule has 1 unspecified atom stereocenters. The maximum atomic E-state index is 12.1. The molecule has 1 amide bonds. The molecule has 1 saturated heterocycles. The second-order valence-electron chi connectivity index (χ2n) is 5.99. The summed E-state index contributed by atoms with van der Waals surface area (Å²) in [6.45, 7) is 6.91. The average molecular weight is 277 g/mol. The number of nitrogens with one attached hydrogen (secondary N) is 1. The van der Waals surface area contributed by atoms with Crippen molar-refractivity contribution in [3.8, 4) is 0 Å². The molecule has 0 aliphatic carbocycles. The van der Waals surface area contributed by atoms with E-state index in [1.54, 1.807) is 0 Å². The first-order chi connectivity index (χ1) is 9.39. The molecule has 0 aromatic heterocycles. The third-order valence-electron chi connectivity index (χ3n) is 3.44. The Balaban J connectivity index is 1.85. The quantitative estimate of drug-likeness (QED) is 0.920. The molecule has 0 bridgehead atoms. The molecule has 110 valence electrons. The van der Waals surface area contributed by atoms with Gasteiger partial charge in [-0.25, -0.2) is 0 Å². The molecule has 1 N–H and O–H groups in total. The van der Waals surface area contributed by atoms with Crippen LogP contribution in [0.1, 0.15) is 39.2 Å². The summed E-state index contributed by atoms with van der Waals surface area (Å²) in [5.41, 5.74) is 0.641. The minimum Gasteiger partial charge on any atom is -0.352 e.